The average Bonchev–Trinajstić information content (AvgIpc) is 2.97. The smallest absolute Gasteiger partial charge is 0.263 e. The summed E-state index contributed by atoms with van der Waals surface area (Å²) in [5.74, 6) is 0.745. The summed E-state index contributed by atoms with van der Waals surface area (Å²) < 4.78 is 10.5. The van der Waals surface area contributed by atoms with Crippen LogP contribution in [0.3, 0.4) is 0 Å². The number of nitrogens with one attached hydrogen (secondary N) is 2. The Kier molecular flexibility index (Phi) is 2.85. The van der Waals surface area contributed by atoms with Crippen molar-refractivity contribution in [2.75, 3.05) is 25.5 Å². The van der Waals surface area contributed by atoms with Gasteiger partial charge in [-0.2, -0.15) is 4.98 Å². The van der Waals surface area contributed by atoms with Crippen molar-refractivity contribution in [3.05, 3.63) is 12.0 Å². The number of rotatable bonds is 3. The minimum Gasteiger partial charge on any atom is -0.378 e. The van der Waals surface area contributed by atoms with Crippen LogP contribution in [0.2, 0.25) is 0 Å². The van der Waals surface area contributed by atoms with Crippen LogP contribution < -0.4 is 10.6 Å². The van der Waals surface area contributed by atoms with Gasteiger partial charge in [0.2, 0.25) is 0 Å². The molecule has 1 aliphatic rings. The average molecular weight is 249 g/mol. The number of nitrogens with zero attached hydrogens (tertiary/aromatic N) is 3. The SMILES string of the molecule is CO[C@H]1CNCC1Nc1ncnc2onc(C)c12. The van der Waals surface area contributed by atoms with Crippen molar-refractivity contribution < 1.29 is 9.26 Å². The number of methoxy groups -OCH3 is 1. The van der Waals surface area contributed by atoms with E-state index in [0.717, 1.165) is 30.0 Å². The van der Waals surface area contributed by atoms with E-state index in [1.54, 1.807) is 7.11 Å². The van der Waals surface area contributed by atoms with Crippen LogP contribution in [0.1, 0.15) is 5.69 Å². The molecule has 0 amide bonds. The van der Waals surface area contributed by atoms with E-state index in [1.807, 2.05) is 6.92 Å². The fourth-order valence-corrected chi connectivity index (χ4v) is 2.25. The molecule has 1 unspecified atom stereocenters. The molecule has 2 aromatic heterocycles. The Balaban J connectivity index is 1.92. The zero-order chi connectivity index (χ0) is 12.5. The number of ether oxygens (including phenoxy) is 1. The first-order valence-corrected chi connectivity index (χ1v) is 5.86. The Morgan fingerprint density at radius 1 is 1.44 bits per heavy atom. The number of anilines is 1. The number of aryl methyl sites for hydroxylation is 1. The molecule has 18 heavy (non-hydrogen) atoms. The number of fused-ring (bicyclic) bond motifs is 1. The van der Waals surface area contributed by atoms with Crippen molar-refractivity contribution in [1.29, 1.82) is 0 Å². The normalized spacial score (nSPS) is 23.7. The second-order valence-corrected chi connectivity index (χ2v) is 4.35. The van der Waals surface area contributed by atoms with Gasteiger partial charge >= 0.3 is 0 Å². The van der Waals surface area contributed by atoms with Gasteiger partial charge < -0.3 is 19.9 Å². The molecule has 1 aliphatic heterocycles. The van der Waals surface area contributed by atoms with Crippen LogP contribution in [0.4, 0.5) is 5.82 Å². The third-order valence-corrected chi connectivity index (χ3v) is 3.23. The highest BCUT2D eigenvalue weighted by Crippen LogP contribution is 2.23. The molecule has 3 heterocycles. The largest absolute Gasteiger partial charge is 0.378 e. The van der Waals surface area contributed by atoms with Gasteiger partial charge in [0.15, 0.2) is 0 Å². The molecule has 2 atom stereocenters. The predicted molar refractivity (Wildman–Crippen MR) is 65.4 cm³/mol. The summed E-state index contributed by atoms with van der Waals surface area (Å²) in [7, 11) is 1.71. The molecule has 0 saturated carbocycles. The van der Waals surface area contributed by atoms with Crippen LogP contribution in [0, 0.1) is 6.92 Å². The Labute approximate surface area is 104 Å². The maximum absolute atomic E-state index is 5.41. The van der Waals surface area contributed by atoms with Gasteiger partial charge in [0, 0.05) is 20.2 Å². The van der Waals surface area contributed by atoms with Crippen molar-refractivity contribution in [2.45, 2.75) is 19.1 Å². The van der Waals surface area contributed by atoms with E-state index in [1.165, 1.54) is 6.33 Å². The molecule has 3 rings (SSSR count). The minimum absolute atomic E-state index is 0.134. The summed E-state index contributed by atoms with van der Waals surface area (Å²) >= 11 is 0. The number of aromatic nitrogens is 3. The standard InChI is InChI=1S/C11H15N5O2/c1-6-9-10(13-5-14-11(9)18-16-6)15-7-3-12-4-8(7)17-2/h5,7-8,12H,3-4H2,1-2H3,(H,13,14,15)/t7?,8-/m0/s1. The van der Waals surface area contributed by atoms with Crippen molar-refractivity contribution >= 4 is 16.9 Å². The Hall–Kier alpha value is -1.73. The Morgan fingerprint density at radius 3 is 3.17 bits per heavy atom. The third kappa shape index (κ3) is 1.81. The van der Waals surface area contributed by atoms with Crippen LogP contribution >= 0.6 is 0 Å². The summed E-state index contributed by atoms with van der Waals surface area (Å²) in [4.78, 5) is 8.32. The number of hydrogen-bond acceptors (Lipinski definition) is 7. The van der Waals surface area contributed by atoms with Gasteiger partial charge in [-0.25, -0.2) is 4.98 Å². The quantitative estimate of drug-likeness (QED) is 0.810. The van der Waals surface area contributed by atoms with Crippen LogP contribution in [0.25, 0.3) is 11.1 Å². The molecule has 1 saturated heterocycles. The van der Waals surface area contributed by atoms with E-state index in [2.05, 4.69) is 25.8 Å². The molecule has 0 spiro atoms. The molecule has 1 fully saturated rings. The van der Waals surface area contributed by atoms with Gasteiger partial charge in [-0.1, -0.05) is 5.16 Å². The highest BCUT2D eigenvalue weighted by molar-refractivity contribution is 5.87. The second kappa shape index (κ2) is 4.51. The zero-order valence-corrected chi connectivity index (χ0v) is 10.3. The van der Waals surface area contributed by atoms with Crippen molar-refractivity contribution in [3.8, 4) is 0 Å². The van der Waals surface area contributed by atoms with Crippen LogP contribution in [-0.4, -0.2) is 47.5 Å². The molecule has 7 heteroatoms. The molecule has 96 valence electrons. The van der Waals surface area contributed by atoms with Gasteiger partial charge in [-0.15, -0.1) is 0 Å². The predicted octanol–water partition coefficient (Wildman–Crippen LogP) is 0.325. The van der Waals surface area contributed by atoms with Gasteiger partial charge in [0.25, 0.3) is 5.71 Å². The molecule has 2 aromatic rings. The van der Waals surface area contributed by atoms with Gasteiger partial charge in [-0.3, -0.25) is 0 Å². The van der Waals surface area contributed by atoms with Crippen LogP contribution in [0.15, 0.2) is 10.9 Å². The summed E-state index contributed by atoms with van der Waals surface area (Å²) in [6.45, 7) is 3.56. The monoisotopic (exact) mass is 249 g/mol. The fraction of sp³-hybridized carbons (Fsp3) is 0.545. The van der Waals surface area contributed by atoms with Gasteiger partial charge in [0.1, 0.15) is 17.5 Å². The van der Waals surface area contributed by atoms with E-state index in [4.69, 9.17) is 9.26 Å². The first-order valence-electron chi connectivity index (χ1n) is 5.86. The lowest BCUT2D eigenvalue weighted by molar-refractivity contribution is 0.111. The lowest BCUT2D eigenvalue weighted by atomic mass is 10.2. The first-order chi connectivity index (χ1) is 8.79. The Bertz CT molecular complexity index is 555. The molecule has 0 radical (unpaired) electrons. The minimum atomic E-state index is 0.134. The maximum atomic E-state index is 5.41. The molecule has 0 aliphatic carbocycles. The van der Waals surface area contributed by atoms with Crippen LogP contribution in [0.5, 0.6) is 0 Å². The van der Waals surface area contributed by atoms with E-state index in [9.17, 15) is 0 Å². The number of hydrogen-bond donors (Lipinski definition) is 2. The zero-order valence-electron chi connectivity index (χ0n) is 10.3. The molecule has 0 bridgehead atoms. The Morgan fingerprint density at radius 2 is 2.33 bits per heavy atom. The van der Waals surface area contributed by atoms with Crippen molar-refractivity contribution in [1.82, 2.24) is 20.4 Å². The van der Waals surface area contributed by atoms with E-state index in [0.29, 0.717) is 5.71 Å². The van der Waals surface area contributed by atoms with Crippen molar-refractivity contribution in [2.24, 2.45) is 0 Å². The fourth-order valence-electron chi connectivity index (χ4n) is 2.25. The van der Waals surface area contributed by atoms with E-state index >= 15 is 0 Å². The maximum Gasteiger partial charge on any atom is 0.263 e. The summed E-state index contributed by atoms with van der Waals surface area (Å²) in [6.07, 6.45) is 1.61. The molecular weight excluding hydrogens is 234 g/mol. The second-order valence-electron chi connectivity index (χ2n) is 4.35. The summed E-state index contributed by atoms with van der Waals surface area (Å²) in [5.41, 5.74) is 1.29. The van der Waals surface area contributed by atoms with Gasteiger partial charge in [-0.05, 0) is 6.92 Å². The molecule has 0 aromatic carbocycles. The highest BCUT2D eigenvalue weighted by atomic mass is 16.5. The molecule has 2 N–H and O–H groups in total. The lowest BCUT2D eigenvalue weighted by Crippen LogP contribution is -2.33. The molecule has 7 nitrogen and oxygen atoms in total. The van der Waals surface area contributed by atoms with Crippen molar-refractivity contribution in [3.63, 3.8) is 0 Å². The summed E-state index contributed by atoms with van der Waals surface area (Å²) in [5, 5.41) is 11.4. The highest BCUT2D eigenvalue weighted by Gasteiger charge is 2.28. The first kappa shape index (κ1) is 11.4. The van der Waals surface area contributed by atoms with Gasteiger partial charge in [0.05, 0.1) is 17.8 Å². The van der Waals surface area contributed by atoms with E-state index < -0.39 is 0 Å². The van der Waals surface area contributed by atoms with Crippen LogP contribution in [-0.2, 0) is 4.74 Å². The molecular formula is C11H15N5O2. The lowest BCUT2D eigenvalue weighted by Gasteiger charge is -2.19. The third-order valence-electron chi connectivity index (χ3n) is 3.23. The van der Waals surface area contributed by atoms with E-state index in [-0.39, 0.29) is 12.1 Å². The topological polar surface area (TPSA) is 85.1 Å². The summed E-state index contributed by atoms with van der Waals surface area (Å²) in [6, 6.07) is 0.183.